The number of hydrogen-bond acceptors (Lipinski definition) is 6. The number of unbranched alkanes of at least 4 members (excludes halogenated alkanes) is 14. The Morgan fingerprint density at radius 3 is 1.00 bits per heavy atom. The molecule has 0 unspecified atom stereocenters. The van der Waals surface area contributed by atoms with Crippen molar-refractivity contribution in [3.8, 4) is 11.5 Å². The first-order valence-corrected chi connectivity index (χ1v) is 26.2. The molecule has 0 fully saturated rings. The molecule has 6 nitrogen and oxygen atoms in total. The van der Waals surface area contributed by atoms with Gasteiger partial charge in [-0.2, -0.15) is 0 Å². The minimum Gasteiger partial charge on any atom is -0.490 e. The molecule has 0 saturated carbocycles. The third-order valence-electron chi connectivity index (χ3n) is 13.4. The van der Waals surface area contributed by atoms with E-state index in [-0.39, 0.29) is 30.9 Å². The minimum absolute atomic E-state index is 0.156. The van der Waals surface area contributed by atoms with E-state index in [0.717, 1.165) is 103 Å². The third-order valence-corrected chi connectivity index (χ3v) is 15.2. The summed E-state index contributed by atoms with van der Waals surface area (Å²) in [6, 6.07) is 13.2. The van der Waals surface area contributed by atoms with Crippen molar-refractivity contribution >= 4 is 123 Å². The Morgan fingerprint density at radius 2 is 0.682 bits per heavy atom. The molecule has 0 atom stereocenters. The van der Waals surface area contributed by atoms with Crippen LogP contribution >= 0.6 is 46.4 Å². The average Bonchev–Trinajstić information content (AvgIpc) is 3.29. The summed E-state index contributed by atoms with van der Waals surface area (Å²) in [4.78, 5) is 21.7. The maximum Gasteiger partial charge on any atom is 0.163 e. The van der Waals surface area contributed by atoms with Gasteiger partial charge in [0.25, 0.3) is 0 Å². The summed E-state index contributed by atoms with van der Waals surface area (Å²) in [5, 5.41) is 6.75. The highest BCUT2D eigenvalue weighted by Gasteiger charge is 2.28. The molecule has 8 rings (SSSR count). The van der Waals surface area contributed by atoms with Crippen LogP contribution in [-0.2, 0) is 10.8 Å². The molecule has 66 heavy (non-hydrogen) atoms. The quantitative estimate of drug-likeness (QED) is 0.0249. The van der Waals surface area contributed by atoms with Crippen LogP contribution in [0.4, 0.5) is 0 Å². The van der Waals surface area contributed by atoms with E-state index >= 15 is 0 Å². The lowest BCUT2D eigenvalue weighted by Crippen LogP contribution is -2.12. The molecule has 0 N–H and O–H groups in total. The Morgan fingerprint density at radius 1 is 0.379 bits per heavy atom. The second-order valence-electron chi connectivity index (χ2n) is 20.6. The van der Waals surface area contributed by atoms with Crippen molar-refractivity contribution in [1.29, 1.82) is 0 Å². The summed E-state index contributed by atoms with van der Waals surface area (Å²) in [6.07, 6.45) is 19.8. The molecule has 0 bridgehead atoms. The first kappa shape index (κ1) is 48.8. The van der Waals surface area contributed by atoms with Gasteiger partial charge < -0.3 is 9.47 Å². The number of halogens is 4. The zero-order valence-corrected chi connectivity index (χ0v) is 43.3. The highest BCUT2D eigenvalue weighted by molar-refractivity contribution is 6.55. The summed E-state index contributed by atoms with van der Waals surface area (Å²) in [6.45, 7) is 19.2. The molecular weight excluding hydrogens is 902 g/mol. The van der Waals surface area contributed by atoms with Gasteiger partial charge in [0.05, 0.1) is 66.4 Å². The van der Waals surface area contributed by atoms with Gasteiger partial charge in [0.1, 0.15) is 11.0 Å². The molecule has 0 aliphatic carbocycles. The third kappa shape index (κ3) is 9.91. The van der Waals surface area contributed by atoms with Gasteiger partial charge >= 0.3 is 0 Å². The van der Waals surface area contributed by atoms with Crippen LogP contribution in [-0.4, -0.2) is 33.1 Å². The van der Waals surface area contributed by atoms with Gasteiger partial charge in [-0.05, 0) is 59.1 Å². The van der Waals surface area contributed by atoms with Gasteiger partial charge in [0, 0.05) is 44.5 Å². The summed E-state index contributed by atoms with van der Waals surface area (Å²) in [5.41, 5.74) is 7.23. The summed E-state index contributed by atoms with van der Waals surface area (Å²) < 4.78 is 13.2. The largest absolute Gasteiger partial charge is 0.490 e. The van der Waals surface area contributed by atoms with Gasteiger partial charge in [-0.3, -0.25) is 0 Å². The summed E-state index contributed by atoms with van der Waals surface area (Å²) >= 11 is 27.1. The topological polar surface area (TPSA) is 70.0 Å². The highest BCUT2D eigenvalue weighted by atomic mass is 35.5. The fraction of sp³-hybridized carbons (Fsp3) is 0.500. The first-order valence-electron chi connectivity index (χ1n) is 24.7. The van der Waals surface area contributed by atoms with E-state index in [9.17, 15) is 0 Å². The zero-order chi connectivity index (χ0) is 46.9. The van der Waals surface area contributed by atoms with Crippen LogP contribution in [0.2, 0.25) is 20.1 Å². The minimum atomic E-state index is -0.216. The Kier molecular flexibility index (Phi) is 15.1. The van der Waals surface area contributed by atoms with Crippen molar-refractivity contribution in [2.24, 2.45) is 0 Å². The van der Waals surface area contributed by atoms with Gasteiger partial charge in [-0.25, -0.2) is 19.9 Å². The lowest BCUT2D eigenvalue weighted by molar-refractivity contribution is 0.259. The molecule has 8 aromatic rings. The Balaban J connectivity index is 1.32. The van der Waals surface area contributed by atoms with Gasteiger partial charge in [-0.15, -0.1) is 0 Å². The predicted molar refractivity (Wildman–Crippen MR) is 285 cm³/mol. The number of rotatable bonds is 20. The van der Waals surface area contributed by atoms with Crippen LogP contribution in [0.15, 0.2) is 36.4 Å². The van der Waals surface area contributed by atoms with Gasteiger partial charge in [-0.1, -0.05) is 192 Å². The Labute approximate surface area is 411 Å². The van der Waals surface area contributed by atoms with Gasteiger partial charge in [0.15, 0.2) is 11.5 Å². The van der Waals surface area contributed by atoms with Crippen LogP contribution in [0, 0.1) is 0 Å². The number of aromatic nitrogens is 4. The fourth-order valence-corrected chi connectivity index (χ4v) is 10.4. The molecule has 0 radical (unpaired) electrons. The summed E-state index contributed by atoms with van der Waals surface area (Å²) in [7, 11) is 0. The van der Waals surface area contributed by atoms with Crippen molar-refractivity contribution in [3.63, 3.8) is 0 Å². The standard InChI is InChI=1S/C56H66Cl4N4O2/c1-9-11-13-15-17-19-21-23-25-65-41-31-39-40(32-42(41)66-26-24-22-20-18-16-14-12-10-2)62-50-36-28-34(56(6,7)8)30-38-44(36)43-35(49(50)61-39)27-33(55(3,4)5)29-37(43)51-52(38)64-54-48(60)46(58)45(57)47(59)53(54)63-51/h27-32H,9-26H2,1-8H3. The van der Waals surface area contributed by atoms with E-state index in [1.54, 1.807) is 0 Å². The number of benzene rings is 6. The Bertz CT molecular complexity index is 2840. The molecule has 0 aliphatic heterocycles. The molecule has 0 spiro atoms. The number of hydrogen-bond donors (Lipinski definition) is 0. The Hall–Kier alpha value is -3.68. The zero-order valence-electron chi connectivity index (χ0n) is 40.3. The average molecular weight is 969 g/mol. The number of nitrogens with zero attached hydrogens (tertiary/aromatic N) is 4. The summed E-state index contributed by atoms with van der Waals surface area (Å²) in [5.74, 6) is 1.45. The van der Waals surface area contributed by atoms with Crippen molar-refractivity contribution in [2.45, 2.75) is 169 Å². The molecular formula is C56H66Cl4N4O2. The first-order chi connectivity index (χ1) is 31.6. The molecule has 2 heterocycles. The van der Waals surface area contributed by atoms with Crippen molar-refractivity contribution in [3.05, 3.63) is 67.6 Å². The van der Waals surface area contributed by atoms with E-state index in [4.69, 9.17) is 75.8 Å². The normalized spacial score (nSPS) is 12.7. The second-order valence-corrected chi connectivity index (χ2v) is 22.1. The lowest BCUT2D eigenvalue weighted by Gasteiger charge is -2.25. The van der Waals surface area contributed by atoms with Crippen molar-refractivity contribution in [1.82, 2.24) is 19.9 Å². The van der Waals surface area contributed by atoms with E-state index in [1.807, 2.05) is 0 Å². The van der Waals surface area contributed by atoms with Crippen LogP contribution in [0.25, 0.3) is 76.5 Å². The molecule has 0 amide bonds. The number of ether oxygens (including phenoxy) is 2. The predicted octanol–water partition coefficient (Wildman–Crippen LogP) is 19.0. The molecule has 350 valence electrons. The number of fused-ring (bicyclic) bond motifs is 8. The van der Waals surface area contributed by atoms with Crippen LogP contribution < -0.4 is 9.47 Å². The molecule has 2 aromatic heterocycles. The maximum atomic E-state index is 6.90. The lowest BCUT2D eigenvalue weighted by atomic mass is 9.80. The highest BCUT2D eigenvalue weighted by Crippen LogP contribution is 2.49. The van der Waals surface area contributed by atoms with E-state index < -0.39 is 0 Å². The molecule has 10 heteroatoms. The fourth-order valence-electron chi connectivity index (χ4n) is 9.46. The molecule has 0 saturated heterocycles. The smallest absolute Gasteiger partial charge is 0.163 e. The second kappa shape index (κ2) is 20.5. The van der Waals surface area contributed by atoms with Crippen molar-refractivity contribution < 1.29 is 9.47 Å². The van der Waals surface area contributed by atoms with Gasteiger partial charge in [0.2, 0.25) is 0 Å². The van der Waals surface area contributed by atoms with E-state index in [2.05, 4.69) is 91.8 Å². The van der Waals surface area contributed by atoms with Crippen LogP contribution in [0.3, 0.4) is 0 Å². The molecule has 6 aromatic carbocycles. The van der Waals surface area contributed by atoms with E-state index in [0.29, 0.717) is 35.3 Å². The van der Waals surface area contributed by atoms with Crippen LogP contribution in [0.1, 0.15) is 169 Å². The SMILES string of the molecule is CCCCCCCCCCOc1cc2nc3c4cc(C(C)(C)C)cc5c6nc7c(Cl)c(Cl)c(Cl)c(Cl)c7nc6c6cc(C(C)(C)C)cc(c3nc2cc1OCCCCCCCCCC)c6c45. The monoisotopic (exact) mass is 966 g/mol. The maximum absolute atomic E-state index is 6.90. The van der Waals surface area contributed by atoms with Crippen LogP contribution in [0.5, 0.6) is 11.5 Å². The molecule has 0 aliphatic rings. The van der Waals surface area contributed by atoms with E-state index in [1.165, 1.54) is 77.0 Å². The van der Waals surface area contributed by atoms with Crippen molar-refractivity contribution in [2.75, 3.05) is 13.2 Å².